The normalized spacial score (nSPS) is 11.5. The first-order chi connectivity index (χ1) is 22.8. The van der Waals surface area contributed by atoms with Crippen LogP contribution in [0.1, 0.15) is 0 Å². The maximum atomic E-state index is 6.40. The second kappa shape index (κ2) is 10.8. The average molecular weight is 589 g/mol. The minimum Gasteiger partial charge on any atom is -0.454 e. The molecule has 0 saturated heterocycles. The van der Waals surface area contributed by atoms with Crippen molar-refractivity contribution >= 4 is 60.7 Å². The lowest BCUT2D eigenvalue weighted by Crippen LogP contribution is -2.10. The molecule has 9 aromatic rings. The fraction of sp³-hybridized carbons (Fsp3) is 0. The van der Waals surface area contributed by atoms with E-state index in [0.29, 0.717) is 0 Å². The Labute approximate surface area is 266 Å². The number of hydrogen-bond acceptors (Lipinski definition) is 3. The highest BCUT2D eigenvalue weighted by Gasteiger charge is 2.17. The predicted octanol–water partition coefficient (Wildman–Crippen LogP) is 12.1. The molecule has 0 bridgehead atoms. The summed E-state index contributed by atoms with van der Waals surface area (Å²) in [5.74, 6) is 0. The monoisotopic (exact) mass is 588 g/mol. The van der Waals surface area contributed by atoms with Gasteiger partial charge in [0.1, 0.15) is 11.1 Å². The molecule has 0 fully saturated rings. The van der Waals surface area contributed by atoms with Crippen molar-refractivity contribution in [3.05, 3.63) is 170 Å². The quantitative estimate of drug-likeness (QED) is 0.200. The standard InChI is InChI=1S/C43H28N2O/c1-2-8-29(9-3-1)34-12-6-13-37(27-34)45(36-21-17-31(18-22-36)35-16-15-30-10-4-5-11-33(30)26-35)38-23-19-32-20-24-39-42-41(14-7-25-44-42)46-43(39)40(32)28-38/h1-28H. The van der Waals surface area contributed by atoms with Gasteiger partial charge >= 0.3 is 0 Å². The zero-order chi connectivity index (χ0) is 30.5. The number of aromatic nitrogens is 1. The Morgan fingerprint density at radius 3 is 1.98 bits per heavy atom. The van der Waals surface area contributed by atoms with Crippen LogP contribution in [0.4, 0.5) is 17.1 Å². The Bertz CT molecular complexity index is 2530. The van der Waals surface area contributed by atoms with E-state index in [2.05, 4.69) is 162 Å². The maximum Gasteiger partial charge on any atom is 0.153 e. The van der Waals surface area contributed by atoms with Crippen LogP contribution in [0, 0.1) is 0 Å². The number of pyridine rings is 1. The van der Waals surface area contributed by atoms with Crippen molar-refractivity contribution < 1.29 is 4.42 Å². The van der Waals surface area contributed by atoms with Crippen LogP contribution in [0.15, 0.2) is 174 Å². The van der Waals surface area contributed by atoms with E-state index in [1.807, 2.05) is 18.3 Å². The summed E-state index contributed by atoms with van der Waals surface area (Å²) in [6.45, 7) is 0. The Balaban J connectivity index is 1.21. The Morgan fingerprint density at radius 2 is 1.09 bits per heavy atom. The molecule has 0 aliphatic rings. The Kier molecular flexibility index (Phi) is 6.14. The zero-order valence-electron chi connectivity index (χ0n) is 25.0. The van der Waals surface area contributed by atoms with Gasteiger partial charge in [-0.15, -0.1) is 0 Å². The molecule has 0 unspecified atom stereocenters. The first kappa shape index (κ1) is 26.2. The third kappa shape index (κ3) is 4.49. The summed E-state index contributed by atoms with van der Waals surface area (Å²) in [4.78, 5) is 6.94. The van der Waals surface area contributed by atoms with Crippen LogP contribution in [0.2, 0.25) is 0 Å². The molecule has 0 saturated carbocycles. The van der Waals surface area contributed by atoms with Crippen LogP contribution >= 0.6 is 0 Å². The molecule has 0 N–H and O–H groups in total. The molecule has 7 aromatic carbocycles. The van der Waals surface area contributed by atoms with Crippen LogP contribution in [-0.4, -0.2) is 4.98 Å². The number of anilines is 3. The van der Waals surface area contributed by atoms with E-state index in [9.17, 15) is 0 Å². The lowest BCUT2D eigenvalue weighted by Gasteiger charge is -2.26. The molecule has 0 aliphatic heterocycles. The number of rotatable bonds is 5. The van der Waals surface area contributed by atoms with E-state index < -0.39 is 0 Å². The summed E-state index contributed by atoms with van der Waals surface area (Å²) in [5, 5.41) is 5.70. The summed E-state index contributed by atoms with van der Waals surface area (Å²) in [6.07, 6.45) is 1.82. The van der Waals surface area contributed by atoms with Crippen LogP contribution in [0.3, 0.4) is 0 Å². The van der Waals surface area contributed by atoms with E-state index in [1.54, 1.807) is 0 Å². The van der Waals surface area contributed by atoms with Crippen LogP contribution in [0.25, 0.3) is 65.9 Å². The number of benzene rings is 7. The van der Waals surface area contributed by atoms with Gasteiger partial charge in [0.05, 0.1) is 0 Å². The van der Waals surface area contributed by atoms with Gasteiger partial charge in [-0.05, 0) is 99.1 Å². The van der Waals surface area contributed by atoms with Gasteiger partial charge in [0.2, 0.25) is 0 Å². The van der Waals surface area contributed by atoms with Crippen molar-refractivity contribution in [2.45, 2.75) is 0 Å². The van der Waals surface area contributed by atoms with Crippen molar-refractivity contribution in [1.29, 1.82) is 0 Å². The Hall–Kier alpha value is -6.19. The zero-order valence-corrected chi connectivity index (χ0v) is 25.0. The SMILES string of the molecule is c1ccc(-c2cccc(N(c3ccc(-c4ccc5ccccc5c4)cc3)c3ccc4ccc5c6ncccc6oc5c4c3)c2)cc1. The highest BCUT2D eigenvalue weighted by molar-refractivity contribution is 6.14. The van der Waals surface area contributed by atoms with Gasteiger partial charge in [-0.3, -0.25) is 4.98 Å². The molecule has 3 nitrogen and oxygen atoms in total. The average Bonchev–Trinajstić information content (AvgIpc) is 3.52. The first-order valence-electron chi connectivity index (χ1n) is 15.5. The summed E-state index contributed by atoms with van der Waals surface area (Å²) < 4.78 is 6.40. The van der Waals surface area contributed by atoms with Gasteiger partial charge < -0.3 is 9.32 Å². The topological polar surface area (TPSA) is 29.3 Å². The summed E-state index contributed by atoms with van der Waals surface area (Å²) in [5.41, 5.74) is 10.5. The molecule has 0 aliphatic carbocycles. The Morgan fingerprint density at radius 1 is 0.413 bits per heavy atom. The minimum atomic E-state index is 0.798. The molecule has 2 aromatic heterocycles. The largest absolute Gasteiger partial charge is 0.454 e. The number of nitrogens with zero attached hydrogens (tertiary/aromatic N) is 2. The molecule has 0 spiro atoms. The van der Waals surface area contributed by atoms with E-state index >= 15 is 0 Å². The molecule has 9 rings (SSSR count). The van der Waals surface area contributed by atoms with Crippen molar-refractivity contribution in [2.75, 3.05) is 4.90 Å². The van der Waals surface area contributed by atoms with Gasteiger partial charge in [0.15, 0.2) is 5.58 Å². The van der Waals surface area contributed by atoms with Gasteiger partial charge in [-0.1, -0.05) is 103 Å². The molecule has 0 amide bonds. The molecular weight excluding hydrogens is 560 g/mol. The van der Waals surface area contributed by atoms with Crippen molar-refractivity contribution in [2.24, 2.45) is 0 Å². The van der Waals surface area contributed by atoms with E-state index in [0.717, 1.165) is 49.9 Å². The molecule has 0 radical (unpaired) electrons. The predicted molar refractivity (Wildman–Crippen MR) is 192 cm³/mol. The molecule has 0 atom stereocenters. The fourth-order valence-electron chi connectivity index (χ4n) is 6.57. The van der Waals surface area contributed by atoms with E-state index in [-0.39, 0.29) is 0 Å². The lowest BCUT2D eigenvalue weighted by atomic mass is 10.0. The smallest absolute Gasteiger partial charge is 0.153 e. The second-order valence-corrected chi connectivity index (χ2v) is 11.7. The first-order valence-corrected chi connectivity index (χ1v) is 15.5. The highest BCUT2D eigenvalue weighted by atomic mass is 16.3. The van der Waals surface area contributed by atoms with Crippen LogP contribution in [-0.2, 0) is 0 Å². The second-order valence-electron chi connectivity index (χ2n) is 11.7. The van der Waals surface area contributed by atoms with Gasteiger partial charge in [-0.25, -0.2) is 0 Å². The maximum absolute atomic E-state index is 6.40. The molecule has 216 valence electrons. The van der Waals surface area contributed by atoms with E-state index in [1.165, 1.54) is 33.0 Å². The third-order valence-electron chi connectivity index (χ3n) is 8.87. The number of hydrogen-bond donors (Lipinski definition) is 0. The third-order valence-corrected chi connectivity index (χ3v) is 8.87. The fourth-order valence-corrected chi connectivity index (χ4v) is 6.57. The lowest BCUT2D eigenvalue weighted by molar-refractivity contribution is 0.672. The van der Waals surface area contributed by atoms with Crippen LogP contribution < -0.4 is 4.90 Å². The van der Waals surface area contributed by atoms with Gasteiger partial charge in [0, 0.05) is 34.0 Å². The summed E-state index contributed by atoms with van der Waals surface area (Å²) in [6, 6.07) is 58.1. The number of fused-ring (bicyclic) bond motifs is 6. The van der Waals surface area contributed by atoms with Crippen molar-refractivity contribution in [1.82, 2.24) is 4.98 Å². The molecule has 3 heteroatoms. The summed E-state index contributed by atoms with van der Waals surface area (Å²) in [7, 11) is 0. The molecule has 46 heavy (non-hydrogen) atoms. The molecule has 2 heterocycles. The summed E-state index contributed by atoms with van der Waals surface area (Å²) >= 11 is 0. The van der Waals surface area contributed by atoms with Gasteiger partial charge in [-0.2, -0.15) is 0 Å². The minimum absolute atomic E-state index is 0.798. The van der Waals surface area contributed by atoms with Crippen molar-refractivity contribution in [3.8, 4) is 22.3 Å². The number of furan rings is 1. The van der Waals surface area contributed by atoms with E-state index in [4.69, 9.17) is 4.42 Å². The molecular formula is C43H28N2O. The van der Waals surface area contributed by atoms with Crippen LogP contribution in [0.5, 0.6) is 0 Å². The van der Waals surface area contributed by atoms with Gasteiger partial charge in [0.25, 0.3) is 0 Å². The highest BCUT2D eigenvalue weighted by Crippen LogP contribution is 2.41. The van der Waals surface area contributed by atoms with Crippen molar-refractivity contribution in [3.63, 3.8) is 0 Å².